The molecule has 0 radical (unpaired) electrons. The molecule has 0 unspecified atom stereocenters. The number of hydrogen-bond acceptors (Lipinski definition) is 4. The Kier molecular flexibility index (Phi) is 8.35. The van der Waals surface area contributed by atoms with Crippen molar-refractivity contribution in [2.75, 3.05) is 11.9 Å². The van der Waals surface area contributed by atoms with Crippen LogP contribution in [0.4, 0.5) is 5.69 Å². The van der Waals surface area contributed by atoms with E-state index in [0.717, 1.165) is 11.1 Å². The molecule has 6 nitrogen and oxygen atoms in total. The molecule has 0 spiro atoms. The molecule has 30 heavy (non-hydrogen) atoms. The van der Waals surface area contributed by atoms with Crippen LogP contribution in [0, 0.1) is 5.92 Å². The molecule has 0 bridgehead atoms. The normalized spacial score (nSPS) is 11.3. The van der Waals surface area contributed by atoms with Crippen LogP contribution in [-0.4, -0.2) is 24.4 Å². The SMILES string of the molecule is CCOC(=O)c1cccc(NC(=O)/C(=C/c2ccccc2CCC(N)=O)C(C)C)c1. The van der Waals surface area contributed by atoms with E-state index in [1.807, 2.05) is 44.2 Å². The van der Waals surface area contributed by atoms with E-state index in [0.29, 0.717) is 23.2 Å². The fraction of sp³-hybridized carbons (Fsp3) is 0.292. The van der Waals surface area contributed by atoms with Crippen molar-refractivity contribution in [3.63, 3.8) is 0 Å². The highest BCUT2D eigenvalue weighted by molar-refractivity contribution is 6.07. The summed E-state index contributed by atoms with van der Waals surface area (Å²) in [4.78, 5) is 36.1. The Bertz CT molecular complexity index is 948. The number of anilines is 1. The topological polar surface area (TPSA) is 98.5 Å². The molecule has 2 amide bonds. The van der Waals surface area contributed by atoms with Crippen molar-refractivity contribution in [1.29, 1.82) is 0 Å². The molecule has 0 aliphatic carbocycles. The predicted octanol–water partition coefficient (Wildman–Crippen LogP) is 3.96. The highest BCUT2D eigenvalue weighted by Crippen LogP contribution is 2.21. The number of rotatable bonds is 9. The van der Waals surface area contributed by atoms with Gasteiger partial charge in [0, 0.05) is 17.7 Å². The molecule has 0 aromatic heterocycles. The van der Waals surface area contributed by atoms with Gasteiger partial charge in [0.15, 0.2) is 0 Å². The van der Waals surface area contributed by atoms with Gasteiger partial charge in [0.2, 0.25) is 5.91 Å². The van der Waals surface area contributed by atoms with Crippen LogP contribution in [0.15, 0.2) is 54.1 Å². The van der Waals surface area contributed by atoms with E-state index >= 15 is 0 Å². The summed E-state index contributed by atoms with van der Waals surface area (Å²) < 4.78 is 5.01. The van der Waals surface area contributed by atoms with E-state index in [4.69, 9.17) is 10.5 Å². The molecule has 2 aromatic carbocycles. The first-order chi connectivity index (χ1) is 14.3. The van der Waals surface area contributed by atoms with Crippen molar-refractivity contribution in [3.8, 4) is 0 Å². The maximum Gasteiger partial charge on any atom is 0.338 e. The molecule has 2 aromatic rings. The van der Waals surface area contributed by atoms with Crippen molar-refractivity contribution in [1.82, 2.24) is 0 Å². The average molecular weight is 408 g/mol. The number of carbonyl (C=O) groups excluding carboxylic acids is 3. The number of benzene rings is 2. The van der Waals surface area contributed by atoms with E-state index in [1.54, 1.807) is 31.2 Å². The third-order valence-electron chi connectivity index (χ3n) is 4.52. The maximum absolute atomic E-state index is 13.0. The van der Waals surface area contributed by atoms with E-state index in [9.17, 15) is 14.4 Å². The van der Waals surface area contributed by atoms with Crippen LogP contribution in [0.3, 0.4) is 0 Å². The number of esters is 1. The summed E-state index contributed by atoms with van der Waals surface area (Å²) in [6.45, 7) is 5.90. The molecule has 6 heteroatoms. The summed E-state index contributed by atoms with van der Waals surface area (Å²) in [7, 11) is 0. The minimum absolute atomic E-state index is 0.0394. The summed E-state index contributed by atoms with van der Waals surface area (Å²) in [5, 5.41) is 2.86. The lowest BCUT2D eigenvalue weighted by Crippen LogP contribution is -2.18. The maximum atomic E-state index is 13.0. The number of aryl methyl sites for hydroxylation is 1. The molecule has 3 N–H and O–H groups in total. The Balaban J connectivity index is 2.27. The summed E-state index contributed by atoms with van der Waals surface area (Å²) in [5.74, 6) is -1.09. The summed E-state index contributed by atoms with van der Waals surface area (Å²) in [5.41, 5.74) is 8.57. The van der Waals surface area contributed by atoms with Crippen molar-refractivity contribution in [2.24, 2.45) is 11.7 Å². The zero-order valence-electron chi connectivity index (χ0n) is 17.6. The van der Waals surface area contributed by atoms with Crippen molar-refractivity contribution in [3.05, 3.63) is 70.8 Å². The number of hydrogen-bond donors (Lipinski definition) is 2. The average Bonchev–Trinajstić information content (AvgIpc) is 2.71. The van der Waals surface area contributed by atoms with Crippen LogP contribution in [-0.2, 0) is 20.7 Å². The number of primary amides is 1. The lowest BCUT2D eigenvalue weighted by molar-refractivity contribution is -0.118. The largest absolute Gasteiger partial charge is 0.462 e. The molecule has 0 aliphatic heterocycles. The molecule has 0 saturated heterocycles. The van der Waals surface area contributed by atoms with Gasteiger partial charge >= 0.3 is 5.97 Å². The molecular weight excluding hydrogens is 380 g/mol. The Labute approximate surface area is 177 Å². The Hall–Kier alpha value is -3.41. The predicted molar refractivity (Wildman–Crippen MR) is 118 cm³/mol. The van der Waals surface area contributed by atoms with E-state index in [2.05, 4.69) is 5.32 Å². The van der Waals surface area contributed by atoms with Gasteiger partial charge in [-0.2, -0.15) is 0 Å². The minimum atomic E-state index is -0.434. The molecular formula is C24H28N2O4. The van der Waals surface area contributed by atoms with Crippen LogP contribution in [0.25, 0.3) is 6.08 Å². The Morgan fingerprint density at radius 2 is 1.83 bits per heavy atom. The molecule has 0 saturated carbocycles. The van der Waals surface area contributed by atoms with Crippen molar-refractivity contribution in [2.45, 2.75) is 33.6 Å². The molecule has 2 rings (SSSR count). The second-order valence-corrected chi connectivity index (χ2v) is 7.17. The van der Waals surface area contributed by atoms with Crippen LogP contribution in [0.2, 0.25) is 0 Å². The number of carbonyl (C=O) groups is 3. The van der Waals surface area contributed by atoms with Crippen molar-refractivity contribution < 1.29 is 19.1 Å². The van der Waals surface area contributed by atoms with Gasteiger partial charge in [0.1, 0.15) is 0 Å². The quantitative estimate of drug-likeness (QED) is 0.485. The molecule has 0 aliphatic rings. The van der Waals surface area contributed by atoms with Crippen LogP contribution in [0.1, 0.15) is 48.7 Å². The van der Waals surface area contributed by atoms with Crippen LogP contribution >= 0.6 is 0 Å². The minimum Gasteiger partial charge on any atom is -0.462 e. The van der Waals surface area contributed by atoms with Gasteiger partial charge < -0.3 is 15.8 Å². The van der Waals surface area contributed by atoms with Gasteiger partial charge in [-0.15, -0.1) is 0 Å². The van der Waals surface area contributed by atoms with Gasteiger partial charge in [-0.1, -0.05) is 44.2 Å². The van der Waals surface area contributed by atoms with Crippen LogP contribution in [0.5, 0.6) is 0 Å². The number of nitrogens with two attached hydrogens (primary N) is 1. The lowest BCUT2D eigenvalue weighted by Gasteiger charge is -2.14. The zero-order valence-corrected chi connectivity index (χ0v) is 17.6. The number of ether oxygens (including phenoxy) is 1. The van der Waals surface area contributed by atoms with E-state index < -0.39 is 5.97 Å². The highest BCUT2D eigenvalue weighted by atomic mass is 16.5. The first-order valence-electron chi connectivity index (χ1n) is 9.98. The lowest BCUT2D eigenvalue weighted by atomic mass is 9.95. The second kappa shape index (κ2) is 11.0. The van der Waals surface area contributed by atoms with E-state index in [-0.39, 0.29) is 30.8 Å². The smallest absolute Gasteiger partial charge is 0.338 e. The first-order valence-corrected chi connectivity index (χ1v) is 9.98. The molecule has 0 fully saturated rings. The summed E-state index contributed by atoms with van der Waals surface area (Å²) >= 11 is 0. The van der Waals surface area contributed by atoms with Gasteiger partial charge in [-0.3, -0.25) is 9.59 Å². The van der Waals surface area contributed by atoms with Crippen molar-refractivity contribution >= 4 is 29.5 Å². The van der Waals surface area contributed by atoms with Gasteiger partial charge in [0.05, 0.1) is 12.2 Å². The van der Waals surface area contributed by atoms with Gasteiger partial charge in [-0.25, -0.2) is 4.79 Å². The third-order valence-corrected chi connectivity index (χ3v) is 4.52. The van der Waals surface area contributed by atoms with Gasteiger partial charge in [0.25, 0.3) is 5.91 Å². The first kappa shape index (κ1) is 22.9. The standard InChI is InChI=1S/C24H28N2O4/c1-4-30-24(29)19-10-7-11-20(14-19)26-23(28)21(16(2)3)15-18-9-6-5-8-17(18)12-13-22(25)27/h5-11,14-16H,4,12-13H2,1-3H3,(H2,25,27)(H,26,28)/b21-15+. The van der Waals surface area contributed by atoms with Crippen LogP contribution < -0.4 is 11.1 Å². The Morgan fingerprint density at radius 3 is 2.50 bits per heavy atom. The Morgan fingerprint density at radius 1 is 1.10 bits per heavy atom. The fourth-order valence-corrected chi connectivity index (χ4v) is 2.96. The number of nitrogens with one attached hydrogen (secondary N) is 1. The van der Waals surface area contributed by atoms with E-state index in [1.165, 1.54) is 0 Å². The zero-order chi connectivity index (χ0) is 22.1. The summed E-state index contributed by atoms with van der Waals surface area (Å²) in [6.07, 6.45) is 2.59. The van der Waals surface area contributed by atoms with Gasteiger partial charge in [-0.05, 0) is 54.7 Å². The third kappa shape index (κ3) is 6.58. The fourth-order valence-electron chi connectivity index (χ4n) is 2.96. The number of amides is 2. The summed E-state index contributed by atoms with van der Waals surface area (Å²) in [6, 6.07) is 14.3. The molecule has 158 valence electrons. The molecule has 0 heterocycles. The monoisotopic (exact) mass is 408 g/mol. The highest BCUT2D eigenvalue weighted by Gasteiger charge is 2.16. The second-order valence-electron chi connectivity index (χ2n) is 7.17. The molecule has 0 atom stereocenters.